The fraction of sp³-hybridized carbons (Fsp3) is 0.364. The molecule has 4 rings (SSSR count). The predicted octanol–water partition coefficient (Wildman–Crippen LogP) is 3.29. The molecule has 2 heterocycles. The zero-order valence-electron chi connectivity index (χ0n) is 18.0. The number of fused-ring (bicyclic) bond motifs is 1. The number of benzene rings is 2. The van der Waals surface area contributed by atoms with E-state index in [1.807, 2.05) is 0 Å². The number of sulfonamides is 1. The maximum atomic E-state index is 12.9. The normalized spacial score (nSPS) is 16.9. The van der Waals surface area contributed by atoms with Gasteiger partial charge in [-0.1, -0.05) is 0 Å². The Morgan fingerprint density at radius 3 is 2.35 bits per heavy atom. The van der Waals surface area contributed by atoms with Crippen LogP contribution in [0.25, 0.3) is 0 Å². The summed E-state index contributed by atoms with van der Waals surface area (Å²) in [6.45, 7) is 0.631. The van der Waals surface area contributed by atoms with Gasteiger partial charge in [0.15, 0.2) is 0 Å². The number of carbonyl (C=O) groups excluding carboxylic acids is 2. The van der Waals surface area contributed by atoms with E-state index in [2.05, 4.69) is 10.1 Å². The molecule has 12 heteroatoms. The van der Waals surface area contributed by atoms with Crippen LogP contribution in [0.5, 0.6) is 5.75 Å². The minimum atomic E-state index is -4.82. The van der Waals surface area contributed by atoms with Crippen molar-refractivity contribution in [1.29, 1.82) is 0 Å². The number of amides is 2. The van der Waals surface area contributed by atoms with Gasteiger partial charge in [0.1, 0.15) is 12.3 Å². The fourth-order valence-corrected chi connectivity index (χ4v) is 5.60. The van der Waals surface area contributed by atoms with E-state index in [0.717, 1.165) is 25.0 Å². The summed E-state index contributed by atoms with van der Waals surface area (Å²) in [5.41, 5.74) is 1.35. The number of anilines is 2. The number of carbonyl (C=O) groups is 2. The maximum Gasteiger partial charge on any atom is 0.573 e. The van der Waals surface area contributed by atoms with Crippen molar-refractivity contribution < 1.29 is 35.9 Å². The van der Waals surface area contributed by atoms with E-state index >= 15 is 0 Å². The van der Waals surface area contributed by atoms with Crippen LogP contribution in [0.2, 0.25) is 0 Å². The van der Waals surface area contributed by atoms with Gasteiger partial charge >= 0.3 is 6.36 Å². The van der Waals surface area contributed by atoms with Gasteiger partial charge < -0.3 is 15.0 Å². The van der Waals surface area contributed by atoms with Crippen molar-refractivity contribution in [1.82, 2.24) is 4.31 Å². The van der Waals surface area contributed by atoms with E-state index in [1.165, 1.54) is 33.5 Å². The average molecular weight is 497 g/mol. The Hall–Kier alpha value is -3.12. The number of hydrogen-bond acceptors (Lipinski definition) is 5. The van der Waals surface area contributed by atoms with Crippen LogP contribution in [0.3, 0.4) is 0 Å². The molecule has 2 aromatic carbocycles. The van der Waals surface area contributed by atoms with Gasteiger partial charge in [0.2, 0.25) is 21.8 Å². The zero-order valence-corrected chi connectivity index (χ0v) is 18.8. The highest BCUT2D eigenvalue weighted by Crippen LogP contribution is 2.32. The third-order valence-electron chi connectivity index (χ3n) is 5.63. The monoisotopic (exact) mass is 497 g/mol. The lowest BCUT2D eigenvalue weighted by molar-refractivity contribution is -0.274. The Kier molecular flexibility index (Phi) is 6.54. The zero-order chi connectivity index (χ0) is 24.5. The van der Waals surface area contributed by atoms with Crippen LogP contribution >= 0.6 is 0 Å². The van der Waals surface area contributed by atoms with Gasteiger partial charge in [-0.25, -0.2) is 8.42 Å². The predicted molar refractivity (Wildman–Crippen MR) is 117 cm³/mol. The molecule has 1 N–H and O–H groups in total. The molecular weight excluding hydrogens is 475 g/mol. The Morgan fingerprint density at radius 1 is 1.03 bits per heavy atom. The second kappa shape index (κ2) is 9.26. The molecule has 0 spiro atoms. The van der Waals surface area contributed by atoms with Crippen molar-refractivity contribution in [2.45, 2.75) is 36.9 Å². The second-order valence-corrected chi connectivity index (χ2v) is 9.94. The minimum absolute atomic E-state index is 0.122. The molecule has 2 aromatic rings. The van der Waals surface area contributed by atoms with Gasteiger partial charge in [0, 0.05) is 30.9 Å². The van der Waals surface area contributed by atoms with Crippen LogP contribution in [0.15, 0.2) is 47.4 Å². The van der Waals surface area contributed by atoms with Crippen LogP contribution in [0.4, 0.5) is 24.5 Å². The van der Waals surface area contributed by atoms with Gasteiger partial charge in [0.05, 0.1) is 4.90 Å². The topological polar surface area (TPSA) is 96.0 Å². The van der Waals surface area contributed by atoms with E-state index in [4.69, 9.17) is 0 Å². The van der Waals surface area contributed by atoms with Crippen molar-refractivity contribution in [3.05, 3.63) is 48.0 Å². The third kappa shape index (κ3) is 5.33. The Bertz CT molecular complexity index is 1190. The minimum Gasteiger partial charge on any atom is -0.406 e. The van der Waals surface area contributed by atoms with Crippen LogP contribution in [0.1, 0.15) is 24.8 Å². The number of alkyl halides is 3. The standard InChI is InChI=1S/C22H22F3N3O5S/c23-22(24,25)33-17-6-4-16(5-7-17)26-20(29)14-28-19-9-8-18(13-15(19)3-10-21(28)30)34(31,32)27-11-1-2-12-27/h4-9,13H,1-3,10-12,14H2,(H,26,29). The molecular formula is C22H22F3N3O5S. The summed E-state index contributed by atoms with van der Waals surface area (Å²) in [6, 6.07) is 9.15. The lowest BCUT2D eigenvalue weighted by atomic mass is 10.0. The highest BCUT2D eigenvalue weighted by molar-refractivity contribution is 7.89. The first-order chi connectivity index (χ1) is 16.0. The smallest absolute Gasteiger partial charge is 0.406 e. The summed E-state index contributed by atoms with van der Waals surface area (Å²) in [5, 5.41) is 2.53. The number of ether oxygens (including phenoxy) is 1. The number of nitrogens with zero attached hydrogens (tertiary/aromatic N) is 2. The van der Waals surface area contributed by atoms with Gasteiger partial charge in [0.25, 0.3) is 0 Å². The Morgan fingerprint density at radius 2 is 1.71 bits per heavy atom. The highest BCUT2D eigenvalue weighted by Gasteiger charge is 2.32. The molecule has 2 aliphatic heterocycles. The molecule has 0 aliphatic carbocycles. The van der Waals surface area contributed by atoms with Crippen LogP contribution in [-0.2, 0) is 26.0 Å². The molecule has 1 saturated heterocycles. The quantitative estimate of drug-likeness (QED) is 0.661. The summed E-state index contributed by atoms with van der Waals surface area (Å²) >= 11 is 0. The summed E-state index contributed by atoms with van der Waals surface area (Å²) < 4.78 is 67.8. The first kappa shape index (κ1) is 24.0. The Labute approximate surface area is 194 Å². The molecule has 182 valence electrons. The molecule has 34 heavy (non-hydrogen) atoms. The molecule has 0 bridgehead atoms. The summed E-state index contributed by atoms with van der Waals surface area (Å²) in [7, 11) is -3.61. The molecule has 0 saturated carbocycles. The molecule has 2 amide bonds. The van der Waals surface area contributed by atoms with Crippen molar-refractivity contribution in [2.75, 3.05) is 29.9 Å². The van der Waals surface area contributed by atoms with Crippen LogP contribution in [0, 0.1) is 0 Å². The van der Waals surface area contributed by atoms with Crippen molar-refractivity contribution in [3.8, 4) is 5.75 Å². The number of aryl methyl sites for hydroxylation is 1. The van der Waals surface area contributed by atoms with Gasteiger partial charge in [-0.05, 0) is 67.3 Å². The van der Waals surface area contributed by atoms with E-state index in [9.17, 15) is 31.2 Å². The third-order valence-corrected chi connectivity index (χ3v) is 7.52. The molecule has 0 radical (unpaired) electrons. The highest BCUT2D eigenvalue weighted by atomic mass is 32.2. The van der Waals surface area contributed by atoms with Crippen LogP contribution < -0.4 is 15.0 Å². The lowest BCUT2D eigenvalue weighted by Gasteiger charge is -2.29. The van der Waals surface area contributed by atoms with Crippen LogP contribution in [-0.4, -0.2) is 50.5 Å². The van der Waals surface area contributed by atoms with E-state index in [0.29, 0.717) is 30.8 Å². The Balaban J connectivity index is 1.47. The fourth-order valence-electron chi connectivity index (χ4n) is 4.03. The summed E-state index contributed by atoms with van der Waals surface area (Å²) in [6.07, 6.45) is -2.70. The van der Waals surface area contributed by atoms with Gasteiger partial charge in [-0.2, -0.15) is 4.31 Å². The molecule has 0 atom stereocenters. The van der Waals surface area contributed by atoms with Crippen molar-refractivity contribution in [2.24, 2.45) is 0 Å². The molecule has 8 nitrogen and oxygen atoms in total. The van der Waals surface area contributed by atoms with E-state index in [-0.39, 0.29) is 29.5 Å². The number of nitrogens with one attached hydrogen (secondary N) is 1. The number of hydrogen-bond donors (Lipinski definition) is 1. The molecule has 1 fully saturated rings. The molecule has 2 aliphatic rings. The lowest BCUT2D eigenvalue weighted by Crippen LogP contribution is -2.41. The molecule has 0 aromatic heterocycles. The molecule has 0 unspecified atom stereocenters. The summed E-state index contributed by atoms with van der Waals surface area (Å²) in [5.74, 6) is -1.27. The first-order valence-corrected chi connectivity index (χ1v) is 12.1. The average Bonchev–Trinajstić information content (AvgIpc) is 3.32. The number of halogens is 3. The number of rotatable bonds is 6. The van der Waals surface area contributed by atoms with Gasteiger partial charge in [-0.3, -0.25) is 9.59 Å². The van der Waals surface area contributed by atoms with E-state index in [1.54, 1.807) is 6.07 Å². The van der Waals surface area contributed by atoms with Crippen molar-refractivity contribution in [3.63, 3.8) is 0 Å². The largest absolute Gasteiger partial charge is 0.573 e. The maximum absolute atomic E-state index is 12.9. The van der Waals surface area contributed by atoms with E-state index < -0.39 is 28.0 Å². The second-order valence-electron chi connectivity index (χ2n) is 8.00. The van der Waals surface area contributed by atoms with Crippen molar-refractivity contribution >= 4 is 33.2 Å². The SMILES string of the molecule is O=C(CN1C(=O)CCc2cc(S(=O)(=O)N3CCCC3)ccc21)Nc1ccc(OC(F)(F)F)cc1. The summed E-state index contributed by atoms with van der Waals surface area (Å²) in [4.78, 5) is 26.5. The first-order valence-electron chi connectivity index (χ1n) is 10.6. The van der Waals surface area contributed by atoms with Gasteiger partial charge in [-0.15, -0.1) is 13.2 Å².